The highest BCUT2D eigenvalue weighted by Gasteiger charge is 2.51. The monoisotopic (exact) mass is 663 g/mol. The van der Waals surface area contributed by atoms with Gasteiger partial charge in [-0.15, -0.1) is 0 Å². The van der Waals surface area contributed by atoms with Crippen LogP contribution >= 0.6 is 38.1 Å². The van der Waals surface area contributed by atoms with E-state index in [9.17, 15) is 13.9 Å². The quantitative estimate of drug-likeness (QED) is 0.170. The minimum absolute atomic E-state index is 0.0570. The SMILES string of the molecule is C[C@@H]1COP(=O)(S)OC[C@H]2O[C@@H](n3cnc4c(=O)[nH]c(N)nc43)[C@H](OP(=O)(S)OCc3nc4cncnc4n3C1)[C@@H]2F. The molecular weight excluding hydrogens is 639 g/mol. The van der Waals surface area contributed by atoms with Crippen molar-refractivity contribution in [3.63, 3.8) is 0 Å². The van der Waals surface area contributed by atoms with Crippen LogP contribution in [0.1, 0.15) is 19.0 Å². The van der Waals surface area contributed by atoms with Gasteiger partial charge in [-0.3, -0.25) is 27.9 Å². The Morgan fingerprint density at radius 3 is 2.71 bits per heavy atom. The molecule has 22 heteroatoms. The van der Waals surface area contributed by atoms with Crippen LogP contribution in [0.2, 0.25) is 0 Å². The number of nitrogens with one attached hydrogen (secondary N) is 1. The lowest BCUT2D eigenvalue weighted by Gasteiger charge is -2.24. The Bertz CT molecular complexity index is 1810. The minimum Gasteiger partial charge on any atom is -0.369 e. The van der Waals surface area contributed by atoms with Crippen molar-refractivity contribution in [2.45, 2.75) is 44.7 Å². The summed E-state index contributed by atoms with van der Waals surface area (Å²) >= 11 is 8.10. The highest BCUT2D eigenvalue weighted by atomic mass is 32.7. The zero-order valence-corrected chi connectivity index (χ0v) is 25.2. The Labute approximate surface area is 246 Å². The summed E-state index contributed by atoms with van der Waals surface area (Å²) < 4.78 is 73.0. The number of fused-ring (bicyclic) bond motifs is 6. The van der Waals surface area contributed by atoms with E-state index in [0.717, 1.165) is 6.33 Å². The lowest BCUT2D eigenvalue weighted by Crippen LogP contribution is -2.32. The van der Waals surface area contributed by atoms with Gasteiger partial charge >= 0.3 is 13.6 Å². The number of halogens is 1. The summed E-state index contributed by atoms with van der Waals surface area (Å²) in [4.78, 5) is 35.4. The summed E-state index contributed by atoms with van der Waals surface area (Å²) in [5.74, 6) is -0.207. The van der Waals surface area contributed by atoms with Crippen LogP contribution in [0.15, 0.2) is 23.6 Å². The average Bonchev–Trinajstić information content (AvgIpc) is 3.59. The number of anilines is 1. The number of H-pyrrole nitrogens is 1. The van der Waals surface area contributed by atoms with E-state index in [1.807, 2.05) is 6.92 Å². The second kappa shape index (κ2) is 11.3. The third kappa shape index (κ3) is 5.87. The standard InChI is InChI=1S/C20H24FN9O8P2S2/c1-9-3-29-12(26-10-2-23-7-24-16(10)29)6-36-40(33,42)38-15-13(21)11(5-35-39(32,41)34-4-9)37-19(15)30-8-25-14-17(30)27-20(22)28-18(14)31/h2,7-9,11,13,15,19H,3-6H2,1H3,(H,32,41)(H,33,42)(H3,22,27,28,31)/t9-,11+,13+,15+,19+,39?,40?/m0/s1. The lowest BCUT2D eigenvalue weighted by molar-refractivity contribution is -0.0443. The first-order valence-corrected chi connectivity index (χ1v) is 17.7. The Morgan fingerprint density at radius 2 is 1.90 bits per heavy atom. The second-order valence-electron chi connectivity index (χ2n) is 9.63. The van der Waals surface area contributed by atoms with E-state index in [2.05, 4.69) is 54.4 Å². The van der Waals surface area contributed by atoms with Gasteiger partial charge in [0.25, 0.3) is 5.56 Å². The second-order valence-corrected chi connectivity index (χ2v) is 15.4. The molecule has 2 aliphatic heterocycles. The molecule has 0 aromatic carbocycles. The van der Waals surface area contributed by atoms with E-state index >= 15 is 4.39 Å². The van der Waals surface area contributed by atoms with Gasteiger partial charge in [-0.2, -0.15) is 4.98 Å². The largest absolute Gasteiger partial charge is 0.387 e. The number of thiol groups is 2. The number of hydrogen-bond acceptors (Lipinski definition) is 14. The topological polar surface area (TPSA) is 213 Å². The van der Waals surface area contributed by atoms with Crippen LogP contribution in [0, 0.1) is 5.92 Å². The highest BCUT2D eigenvalue weighted by molar-refractivity contribution is 8.44. The molecule has 17 nitrogen and oxygen atoms in total. The average molecular weight is 664 g/mol. The van der Waals surface area contributed by atoms with Crippen LogP contribution in [0.4, 0.5) is 10.3 Å². The van der Waals surface area contributed by atoms with Crippen LogP contribution in [-0.4, -0.2) is 70.6 Å². The number of alkyl halides is 1. The summed E-state index contributed by atoms with van der Waals surface area (Å²) in [6.45, 7) is -7.21. The maximum Gasteiger partial charge on any atom is 0.387 e. The summed E-state index contributed by atoms with van der Waals surface area (Å²) in [5, 5.41) is 0. The van der Waals surface area contributed by atoms with E-state index in [0.29, 0.717) is 17.0 Å². The van der Waals surface area contributed by atoms with E-state index in [1.165, 1.54) is 17.1 Å². The molecule has 2 unspecified atom stereocenters. The lowest BCUT2D eigenvalue weighted by atomic mass is 10.1. The van der Waals surface area contributed by atoms with Gasteiger partial charge in [-0.25, -0.2) is 33.5 Å². The van der Waals surface area contributed by atoms with Crippen molar-refractivity contribution in [3.05, 3.63) is 35.0 Å². The maximum absolute atomic E-state index is 15.9. The van der Waals surface area contributed by atoms with Crippen molar-refractivity contribution in [1.29, 1.82) is 0 Å². The number of nitrogens with two attached hydrogens (primary N) is 1. The molecule has 42 heavy (non-hydrogen) atoms. The van der Waals surface area contributed by atoms with Crippen molar-refractivity contribution in [1.82, 2.24) is 39.0 Å². The molecule has 226 valence electrons. The fraction of sp³-hybridized carbons (Fsp3) is 0.500. The third-order valence-corrected chi connectivity index (χ3v) is 9.75. The fourth-order valence-electron chi connectivity index (χ4n) is 4.64. The fourth-order valence-corrected chi connectivity index (χ4v) is 7.26. The van der Waals surface area contributed by atoms with Crippen LogP contribution in [0.5, 0.6) is 0 Å². The smallest absolute Gasteiger partial charge is 0.369 e. The number of aromatic nitrogens is 8. The molecule has 6 rings (SSSR count). The van der Waals surface area contributed by atoms with Crippen LogP contribution < -0.4 is 11.3 Å². The van der Waals surface area contributed by atoms with Crippen LogP contribution in [0.25, 0.3) is 22.3 Å². The van der Waals surface area contributed by atoms with Crippen molar-refractivity contribution in [2.75, 3.05) is 18.9 Å². The molecule has 2 bridgehead atoms. The molecule has 0 spiro atoms. The maximum atomic E-state index is 15.9. The summed E-state index contributed by atoms with van der Waals surface area (Å²) in [7, 11) is 0. The van der Waals surface area contributed by atoms with Gasteiger partial charge in [0.05, 0.1) is 25.7 Å². The zero-order valence-electron chi connectivity index (χ0n) is 21.6. The first-order valence-electron chi connectivity index (χ1n) is 12.4. The Kier molecular flexibility index (Phi) is 7.95. The Morgan fingerprint density at radius 1 is 1.12 bits per heavy atom. The Hall–Kier alpha value is -2.41. The number of nitrogen functional groups attached to an aromatic ring is 1. The molecule has 1 saturated heterocycles. The molecule has 1 fully saturated rings. The minimum atomic E-state index is -4.32. The van der Waals surface area contributed by atoms with Crippen molar-refractivity contribution in [2.24, 2.45) is 5.92 Å². The number of ether oxygens (including phenoxy) is 1. The van der Waals surface area contributed by atoms with Gasteiger partial charge in [-0.1, -0.05) is 31.4 Å². The van der Waals surface area contributed by atoms with Gasteiger partial charge in [0.1, 0.15) is 36.5 Å². The van der Waals surface area contributed by atoms with E-state index in [4.69, 9.17) is 28.6 Å². The molecule has 4 aromatic rings. The molecule has 7 atom stereocenters. The molecule has 3 N–H and O–H groups in total. The molecule has 0 saturated carbocycles. The number of imidazole rings is 2. The molecule has 6 heterocycles. The van der Waals surface area contributed by atoms with E-state index in [1.54, 1.807) is 4.57 Å². The normalized spacial score (nSPS) is 33.2. The molecule has 2 aliphatic rings. The Balaban J connectivity index is 1.38. The summed E-state index contributed by atoms with van der Waals surface area (Å²) in [5.41, 5.74) is 5.77. The predicted octanol–water partition coefficient (Wildman–Crippen LogP) is 2.44. The molecular formula is C20H24FN9O8P2S2. The van der Waals surface area contributed by atoms with Crippen molar-refractivity contribution >= 4 is 66.4 Å². The van der Waals surface area contributed by atoms with Crippen LogP contribution in [-0.2, 0) is 45.1 Å². The molecule has 0 amide bonds. The highest BCUT2D eigenvalue weighted by Crippen LogP contribution is 2.58. The third-order valence-electron chi connectivity index (χ3n) is 6.51. The first-order chi connectivity index (χ1) is 19.9. The summed E-state index contributed by atoms with van der Waals surface area (Å²) in [6, 6.07) is 0. The molecule has 0 aliphatic carbocycles. The van der Waals surface area contributed by atoms with Gasteiger partial charge < -0.3 is 19.6 Å². The van der Waals surface area contributed by atoms with E-state index in [-0.39, 0.29) is 42.8 Å². The molecule has 4 aromatic heterocycles. The van der Waals surface area contributed by atoms with Gasteiger partial charge in [0.2, 0.25) is 5.95 Å². The van der Waals surface area contributed by atoms with E-state index < -0.39 is 50.4 Å². The first kappa shape index (κ1) is 29.7. The number of aromatic amines is 1. The summed E-state index contributed by atoms with van der Waals surface area (Å²) in [6.07, 6.45) is -2.51. The van der Waals surface area contributed by atoms with Crippen LogP contribution in [0.3, 0.4) is 0 Å². The number of hydrogen-bond donors (Lipinski definition) is 4. The zero-order chi connectivity index (χ0) is 29.8. The number of rotatable bonds is 1. The van der Waals surface area contributed by atoms with Gasteiger partial charge in [0, 0.05) is 6.54 Å². The molecule has 0 radical (unpaired) electrons. The number of nitrogens with zero attached hydrogens (tertiary/aromatic N) is 7. The van der Waals surface area contributed by atoms with Gasteiger partial charge in [0.15, 0.2) is 29.2 Å². The van der Waals surface area contributed by atoms with Gasteiger partial charge in [-0.05, 0) is 5.92 Å². The van der Waals surface area contributed by atoms with Crippen molar-refractivity contribution < 1.29 is 36.4 Å². The predicted molar refractivity (Wildman–Crippen MR) is 151 cm³/mol. The van der Waals surface area contributed by atoms with Crippen molar-refractivity contribution in [3.8, 4) is 0 Å².